The van der Waals surface area contributed by atoms with E-state index < -0.39 is 10.7 Å². The highest BCUT2D eigenvalue weighted by Gasteiger charge is 2.22. The minimum absolute atomic E-state index is 0.146. The SMILES string of the molecule is CC(CCN)c1c(F)cccc1[N+](=O)[O-]. The predicted octanol–water partition coefficient (Wildman–Crippen LogP) is 2.19. The van der Waals surface area contributed by atoms with Gasteiger partial charge in [0.25, 0.3) is 5.69 Å². The van der Waals surface area contributed by atoms with Crippen LogP contribution in [0.15, 0.2) is 18.2 Å². The molecular formula is C10H13FN2O2. The Bertz CT molecular complexity index is 368. The highest BCUT2D eigenvalue weighted by molar-refractivity contribution is 5.43. The lowest BCUT2D eigenvalue weighted by Crippen LogP contribution is -2.08. The molecule has 0 amide bonds. The molecule has 1 aromatic rings. The first-order valence-electron chi connectivity index (χ1n) is 4.70. The van der Waals surface area contributed by atoms with Crippen molar-refractivity contribution in [2.45, 2.75) is 19.3 Å². The van der Waals surface area contributed by atoms with Gasteiger partial charge in [-0.3, -0.25) is 10.1 Å². The van der Waals surface area contributed by atoms with E-state index in [-0.39, 0.29) is 17.2 Å². The summed E-state index contributed by atoms with van der Waals surface area (Å²) in [5.74, 6) is -0.776. The van der Waals surface area contributed by atoms with Crippen LogP contribution in [-0.4, -0.2) is 11.5 Å². The molecule has 0 spiro atoms. The third-order valence-electron chi connectivity index (χ3n) is 2.32. The molecule has 1 atom stereocenters. The van der Waals surface area contributed by atoms with E-state index in [1.807, 2.05) is 0 Å². The maximum absolute atomic E-state index is 13.4. The molecule has 0 saturated heterocycles. The van der Waals surface area contributed by atoms with Crippen molar-refractivity contribution in [1.82, 2.24) is 0 Å². The van der Waals surface area contributed by atoms with E-state index in [1.54, 1.807) is 6.92 Å². The Labute approximate surface area is 87.0 Å². The van der Waals surface area contributed by atoms with Gasteiger partial charge in [-0.2, -0.15) is 0 Å². The molecule has 2 N–H and O–H groups in total. The van der Waals surface area contributed by atoms with Crippen LogP contribution >= 0.6 is 0 Å². The maximum Gasteiger partial charge on any atom is 0.275 e. The Hall–Kier alpha value is -1.49. The van der Waals surface area contributed by atoms with Crippen LogP contribution in [0.5, 0.6) is 0 Å². The zero-order valence-electron chi connectivity index (χ0n) is 8.44. The molecule has 5 heteroatoms. The molecule has 1 aromatic carbocycles. The number of hydrogen-bond acceptors (Lipinski definition) is 3. The van der Waals surface area contributed by atoms with E-state index in [2.05, 4.69) is 0 Å². The highest BCUT2D eigenvalue weighted by atomic mass is 19.1. The first-order chi connectivity index (χ1) is 7.07. The van der Waals surface area contributed by atoms with Crippen molar-refractivity contribution >= 4 is 5.69 Å². The average Bonchev–Trinajstić information content (AvgIpc) is 2.17. The third-order valence-corrected chi connectivity index (χ3v) is 2.32. The van der Waals surface area contributed by atoms with Gasteiger partial charge in [-0.1, -0.05) is 13.0 Å². The van der Waals surface area contributed by atoms with Gasteiger partial charge in [-0.05, 0) is 24.9 Å². The lowest BCUT2D eigenvalue weighted by atomic mass is 9.95. The van der Waals surface area contributed by atoms with Crippen molar-refractivity contribution in [3.63, 3.8) is 0 Å². The number of nitrogens with zero attached hydrogens (tertiary/aromatic N) is 1. The molecule has 0 aliphatic rings. The summed E-state index contributed by atoms with van der Waals surface area (Å²) in [6.07, 6.45) is 0.530. The van der Waals surface area contributed by atoms with Gasteiger partial charge in [0.2, 0.25) is 0 Å². The van der Waals surface area contributed by atoms with E-state index in [1.165, 1.54) is 18.2 Å². The summed E-state index contributed by atoms with van der Waals surface area (Å²) in [4.78, 5) is 10.1. The Kier molecular flexibility index (Phi) is 3.74. The van der Waals surface area contributed by atoms with Crippen molar-refractivity contribution in [1.29, 1.82) is 0 Å². The number of rotatable bonds is 4. The van der Waals surface area contributed by atoms with Gasteiger partial charge < -0.3 is 5.73 Å². The smallest absolute Gasteiger partial charge is 0.275 e. The minimum atomic E-state index is -0.564. The second kappa shape index (κ2) is 4.84. The van der Waals surface area contributed by atoms with Gasteiger partial charge >= 0.3 is 0 Å². The van der Waals surface area contributed by atoms with Gasteiger partial charge in [0, 0.05) is 6.07 Å². The van der Waals surface area contributed by atoms with Crippen LogP contribution in [0.2, 0.25) is 0 Å². The Morgan fingerprint density at radius 1 is 1.60 bits per heavy atom. The number of benzene rings is 1. The molecule has 1 unspecified atom stereocenters. The number of nitro benzene ring substituents is 1. The maximum atomic E-state index is 13.4. The fraction of sp³-hybridized carbons (Fsp3) is 0.400. The highest BCUT2D eigenvalue weighted by Crippen LogP contribution is 2.30. The lowest BCUT2D eigenvalue weighted by molar-refractivity contribution is -0.385. The number of hydrogen-bond donors (Lipinski definition) is 1. The van der Waals surface area contributed by atoms with Crippen LogP contribution in [0.25, 0.3) is 0 Å². The van der Waals surface area contributed by atoms with Crippen LogP contribution < -0.4 is 5.73 Å². The molecule has 0 aliphatic carbocycles. The van der Waals surface area contributed by atoms with Crippen LogP contribution in [0.3, 0.4) is 0 Å². The molecule has 1 rings (SSSR count). The first kappa shape index (κ1) is 11.6. The molecule has 82 valence electrons. The van der Waals surface area contributed by atoms with Gasteiger partial charge in [-0.25, -0.2) is 4.39 Å². The van der Waals surface area contributed by atoms with Crippen LogP contribution in [0.1, 0.15) is 24.8 Å². The molecule has 4 nitrogen and oxygen atoms in total. The van der Waals surface area contributed by atoms with Gasteiger partial charge in [0.05, 0.1) is 10.5 Å². The van der Waals surface area contributed by atoms with Crippen LogP contribution in [0.4, 0.5) is 10.1 Å². The monoisotopic (exact) mass is 212 g/mol. The molecule has 0 fully saturated rings. The lowest BCUT2D eigenvalue weighted by Gasteiger charge is -2.11. The van der Waals surface area contributed by atoms with Crippen molar-refractivity contribution in [2.24, 2.45) is 5.73 Å². The van der Waals surface area contributed by atoms with Crippen molar-refractivity contribution < 1.29 is 9.31 Å². The van der Waals surface area contributed by atoms with Crippen LogP contribution in [-0.2, 0) is 0 Å². The fourth-order valence-corrected chi connectivity index (χ4v) is 1.57. The summed E-state index contributed by atoms with van der Waals surface area (Å²) in [6, 6.07) is 3.88. The predicted molar refractivity (Wildman–Crippen MR) is 55.1 cm³/mol. The summed E-state index contributed by atoms with van der Waals surface area (Å²) in [5.41, 5.74) is 5.33. The third kappa shape index (κ3) is 2.50. The first-order valence-corrected chi connectivity index (χ1v) is 4.70. The molecule has 0 aliphatic heterocycles. The quantitative estimate of drug-likeness (QED) is 0.614. The van der Waals surface area contributed by atoms with E-state index >= 15 is 0 Å². The van der Waals surface area contributed by atoms with Gasteiger partial charge in [-0.15, -0.1) is 0 Å². The van der Waals surface area contributed by atoms with Crippen molar-refractivity contribution in [2.75, 3.05) is 6.54 Å². The second-order valence-corrected chi connectivity index (χ2v) is 3.41. The Morgan fingerprint density at radius 2 is 2.27 bits per heavy atom. The van der Waals surface area contributed by atoms with E-state index in [9.17, 15) is 14.5 Å². The average molecular weight is 212 g/mol. The van der Waals surface area contributed by atoms with E-state index in [0.29, 0.717) is 13.0 Å². The summed E-state index contributed by atoms with van der Waals surface area (Å²) in [5, 5.41) is 10.7. The summed E-state index contributed by atoms with van der Waals surface area (Å²) in [7, 11) is 0. The summed E-state index contributed by atoms with van der Waals surface area (Å²) >= 11 is 0. The summed E-state index contributed by atoms with van der Waals surface area (Å²) < 4.78 is 13.4. The zero-order chi connectivity index (χ0) is 11.4. The molecule has 0 aromatic heterocycles. The molecule has 15 heavy (non-hydrogen) atoms. The molecule has 0 radical (unpaired) electrons. The summed E-state index contributed by atoms with van der Waals surface area (Å²) in [6.45, 7) is 2.12. The number of halogens is 1. The molecule has 0 heterocycles. The van der Waals surface area contributed by atoms with Crippen molar-refractivity contribution in [3.05, 3.63) is 39.7 Å². The molecular weight excluding hydrogens is 199 g/mol. The van der Waals surface area contributed by atoms with Gasteiger partial charge in [0.1, 0.15) is 5.82 Å². The Morgan fingerprint density at radius 3 is 2.80 bits per heavy atom. The molecule has 0 bridgehead atoms. The van der Waals surface area contributed by atoms with E-state index in [4.69, 9.17) is 5.73 Å². The minimum Gasteiger partial charge on any atom is -0.330 e. The van der Waals surface area contributed by atoms with Gasteiger partial charge in [0.15, 0.2) is 0 Å². The Balaban J connectivity index is 3.18. The number of nitro groups is 1. The largest absolute Gasteiger partial charge is 0.330 e. The normalized spacial score (nSPS) is 12.5. The fourth-order valence-electron chi connectivity index (χ4n) is 1.57. The molecule has 0 saturated carbocycles. The van der Waals surface area contributed by atoms with E-state index in [0.717, 1.165) is 0 Å². The topological polar surface area (TPSA) is 69.2 Å². The second-order valence-electron chi connectivity index (χ2n) is 3.41. The van der Waals surface area contributed by atoms with Crippen molar-refractivity contribution in [3.8, 4) is 0 Å². The standard InChI is InChI=1S/C10H13FN2O2/c1-7(5-6-12)10-8(11)3-2-4-9(10)13(14)15/h2-4,7H,5-6,12H2,1H3. The van der Waals surface area contributed by atoms with Crippen LogP contribution in [0, 0.1) is 15.9 Å². The number of nitrogens with two attached hydrogens (primary N) is 1. The zero-order valence-corrected chi connectivity index (χ0v) is 8.44.